The van der Waals surface area contributed by atoms with Crippen LogP contribution in [-0.4, -0.2) is 64.4 Å². The maximum absolute atomic E-state index is 12.2. The van der Waals surface area contributed by atoms with E-state index in [0.29, 0.717) is 13.0 Å². The molecule has 24 heavy (non-hydrogen) atoms. The molecule has 126 valence electrons. The second kappa shape index (κ2) is 5.47. The summed E-state index contributed by atoms with van der Waals surface area (Å²) in [6, 6.07) is 2.12. The first-order valence-electron chi connectivity index (χ1n) is 8.14. The summed E-state index contributed by atoms with van der Waals surface area (Å²) in [6.07, 6.45) is 2.17. The van der Waals surface area contributed by atoms with Gasteiger partial charge in [0.1, 0.15) is 17.3 Å². The lowest BCUT2D eigenvalue weighted by molar-refractivity contribution is -0.130. The number of carbonyl (C=O) groups is 2. The third-order valence-electron chi connectivity index (χ3n) is 4.89. The molecule has 2 amide bonds. The highest BCUT2D eigenvalue weighted by Crippen LogP contribution is 2.31. The number of H-pyrrole nitrogens is 1. The Morgan fingerprint density at radius 2 is 2.12 bits per heavy atom. The number of hydrogen-bond donors (Lipinski definition) is 2. The van der Waals surface area contributed by atoms with Crippen LogP contribution in [0.4, 0.5) is 5.82 Å². The van der Waals surface area contributed by atoms with Gasteiger partial charge in [0.2, 0.25) is 11.8 Å². The van der Waals surface area contributed by atoms with Crippen molar-refractivity contribution in [1.29, 1.82) is 0 Å². The van der Waals surface area contributed by atoms with Crippen LogP contribution in [0.1, 0.15) is 12.2 Å². The van der Waals surface area contributed by atoms with Gasteiger partial charge in [-0.15, -0.1) is 0 Å². The molecule has 2 aromatic heterocycles. The van der Waals surface area contributed by atoms with E-state index >= 15 is 0 Å². The predicted molar refractivity (Wildman–Crippen MR) is 88.5 cm³/mol. The van der Waals surface area contributed by atoms with E-state index in [1.54, 1.807) is 7.05 Å². The van der Waals surface area contributed by atoms with Crippen LogP contribution in [-0.2, 0) is 9.59 Å². The molecule has 1 atom stereocenters. The summed E-state index contributed by atoms with van der Waals surface area (Å²) in [5.41, 5.74) is 0.831. The Bertz CT molecular complexity index is 810. The van der Waals surface area contributed by atoms with Crippen LogP contribution in [0.25, 0.3) is 11.0 Å². The van der Waals surface area contributed by atoms with Crippen LogP contribution in [0.2, 0.25) is 0 Å². The zero-order valence-corrected chi connectivity index (χ0v) is 13.7. The number of hydrogen-bond acceptors (Lipinski definition) is 5. The fourth-order valence-corrected chi connectivity index (χ4v) is 3.56. The minimum atomic E-state index is -0.228. The minimum Gasteiger partial charge on any atom is -0.359 e. The Balaban J connectivity index is 1.47. The molecule has 0 bridgehead atoms. The Hall–Kier alpha value is -2.64. The van der Waals surface area contributed by atoms with Gasteiger partial charge in [-0.25, -0.2) is 9.97 Å². The van der Waals surface area contributed by atoms with Crippen molar-refractivity contribution < 1.29 is 9.59 Å². The molecule has 0 spiro atoms. The third kappa shape index (κ3) is 2.29. The lowest BCUT2D eigenvalue weighted by atomic mass is 10.1. The number of rotatable bonds is 3. The SMILES string of the molecule is CNC(=O)C1CC(=O)N(C2CN(c3nc(C)nc4[nH]ccc34)C2)C1. The summed E-state index contributed by atoms with van der Waals surface area (Å²) in [7, 11) is 1.61. The highest BCUT2D eigenvalue weighted by Gasteiger charge is 2.42. The van der Waals surface area contributed by atoms with Crippen LogP contribution in [0.3, 0.4) is 0 Å². The molecule has 2 fully saturated rings. The molecular weight excluding hydrogens is 308 g/mol. The summed E-state index contributed by atoms with van der Waals surface area (Å²) in [6.45, 7) is 3.87. The molecule has 4 heterocycles. The van der Waals surface area contributed by atoms with Gasteiger partial charge in [0.15, 0.2) is 0 Å². The van der Waals surface area contributed by atoms with Gasteiger partial charge >= 0.3 is 0 Å². The smallest absolute Gasteiger partial charge is 0.225 e. The Morgan fingerprint density at radius 1 is 1.33 bits per heavy atom. The number of aromatic nitrogens is 3. The molecule has 2 aliphatic heterocycles. The predicted octanol–water partition coefficient (Wildman–Crippen LogP) is 0.0494. The molecule has 8 heteroatoms. The van der Waals surface area contributed by atoms with Crippen molar-refractivity contribution in [2.45, 2.75) is 19.4 Å². The fourth-order valence-electron chi connectivity index (χ4n) is 3.56. The van der Waals surface area contributed by atoms with Crippen LogP contribution in [0.15, 0.2) is 12.3 Å². The first kappa shape index (κ1) is 14.9. The number of carbonyl (C=O) groups excluding carboxylic acids is 2. The monoisotopic (exact) mass is 328 g/mol. The second-order valence-corrected chi connectivity index (χ2v) is 6.45. The maximum atomic E-state index is 12.2. The van der Waals surface area contributed by atoms with Crippen LogP contribution >= 0.6 is 0 Å². The average Bonchev–Trinajstić information content (AvgIpc) is 3.12. The summed E-state index contributed by atoms with van der Waals surface area (Å²) in [5.74, 6) is 1.42. The number of nitrogens with one attached hydrogen (secondary N) is 2. The zero-order valence-electron chi connectivity index (χ0n) is 13.7. The molecule has 0 aliphatic carbocycles. The molecule has 2 aromatic rings. The van der Waals surface area contributed by atoms with E-state index in [-0.39, 0.29) is 23.8 Å². The largest absolute Gasteiger partial charge is 0.359 e. The topological polar surface area (TPSA) is 94.2 Å². The van der Waals surface area contributed by atoms with Gasteiger partial charge in [-0.3, -0.25) is 9.59 Å². The van der Waals surface area contributed by atoms with Crippen molar-refractivity contribution >= 4 is 28.7 Å². The number of anilines is 1. The van der Waals surface area contributed by atoms with Gasteiger partial charge in [0.25, 0.3) is 0 Å². The molecule has 1 unspecified atom stereocenters. The van der Waals surface area contributed by atoms with E-state index in [0.717, 1.165) is 35.8 Å². The normalized spacial score (nSPS) is 21.4. The summed E-state index contributed by atoms with van der Waals surface area (Å²) < 4.78 is 0. The van der Waals surface area contributed by atoms with Crippen molar-refractivity contribution in [1.82, 2.24) is 25.2 Å². The average molecular weight is 328 g/mol. The van der Waals surface area contributed by atoms with Crippen LogP contribution in [0, 0.1) is 12.8 Å². The minimum absolute atomic E-state index is 0.0533. The fraction of sp³-hybridized carbons (Fsp3) is 0.500. The van der Waals surface area contributed by atoms with Crippen molar-refractivity contribution in [3.63, 3.8) is 0 Å². The van der Waals surface area contributed by atoms with E-state index in [2.05, 4.69) is 25.2 Å². The first-order valence-corrected chi connectivity index (χ1v) is 8.14. The van der Waals surface area contributed by atoms with E-state index in [9.17, 15) is 9.59 Å². The zero-order chi connectivity index (χ0) is 16.8. The number of aryl methyl sites for hydroxylation is 1. The summed E-state index contributed by atoms with van der Waals surface area (Å²) in [4.78, 5) is 40.0. The molecule has 2 N–H and O–H groups in total. The van der Waals surface area contributed by atoms with Gasteiger partial charge in [-0.2, -0.15) is 0 Å². The van der Waals surface area contributed by atoms with Crippen molar-refractivity contribution in [3.8, 4) is 0 Å². The lowest BCUT2D eigenvalue weighted by Crippen LogP contribution is -2.60. The van der Waals surface area contributed by atoms with E-state index < -0.39 is 0 Å². The highest BCUT2D eigenvalue weighted by atomic mass is 16.2. The number of likely N-dealkylation sites (tertiary alicyclic amines) is 1. The molecule has 0 saturated carbocycles. The van der Waals surface area contributed by atoms with Crippen LogP contribution in [0.5, 0.6) is 0 Å². The maximum Gasteiger partial charge on any atom is 0.225 e. The standard InChI is InChI=1S/C16H20N6O2/c1-9-19-14-12(3-4-18-14)15(20-9)21-7-11(8-21)22-6-10(5-13(22)23)16(24)17-2/h3-4,10-11H,5-8H2,1-2H3,(H,17,24)(H,18,19,20). The van der Waals surface area contributed by atoms with E-state index in [1.165, 1.54) is 0 Å². The lowest BCUT2D eigenvalue weighted by Gasteiger charge is -2.44. The molecule has 0 aromatic carbocycles. The Labute approximate surface area is 139 Å². The molecule has 2 saturated heterocycles. The first-order chi connectivity index (χ1) is 11.6. The van der Waals surface area contributed by atoms with Gasteiger partial charge in [0.05, 0.1) is 17.3 Å². The van der Waals surface area contributed by atoms with Crippen LogP contribution < -0.4 is 10.2 Å². The van der Waals surface area contributed by atoms with Gasteiger partial charge in [-0.1, -0.05) is 0 Å². The second-order valence-electron chi connectivity index (χ2n) is 6.45. The van der Waals surface area contributed by atoms with E-state index in [4.69, 9.17) is 0 Å². The van der Waals surface area contributed by atoms with Crippen molar-refractivity contribution in [2.75, 3.05) is 31.6 Å². The molecule has 2 aliphatic rings. The van der Waals surface area contributed by atoms with E-state index in [1.807, 2.05) is 24.1 Å². The Kier molecular flexibility index (Phi) is 3.40. The Morgan fingerprint density at radius 3 is 2.88 bits per heavy atom. The third-order valence-corrected chi connectivity index (χ3v) is 4.89. The molecular formula is C16H20N6O2. The number of aromatic amines is 1. The number of fused-ring (bicyclic) bond motifs is 1. The molecule has 4 rings (SSSR count). The van der Waals surface area contributed by atoms with Gasteiger partial charge in [0, 0.05) is 39.3 Å². The number of nitrogens with zero attached hydrogens (tertiary/aromatic N) is 4. The summed E-state index contributed by atoms with van der Waals surface area (Å²) in [5, 5.41) is 3.63. The summed E-state index contributed by atoms with van der Waals surface area (Å²) >= 11 is 0. The quantitative estimate of drug-likeness (QED) is 0.830. The van der Waals surface area contributed by atoms with Crippen molar-refractivity contribution in [3.05, 3.63) is 18.1 Å². The van der Waals surface area contributed by atoms with Gasteiger partial charge in [-0.05, 0) is 13.0 Å². The van der Waals surface area contributed by atoms with Gasteiger partial charge < -0.3 is 20.1 Å². The number of amides is 2. The molecule has 8 nitrogen and oxygen atoms in total. The highest BCUT2D eigenvalue weighted by molar-refractivity contribution is 5.90. The van der Waals surface area contributed by atoms with Crippen molar-refractivity contribution in [2.24, 2.45) is 5.92 Å². The molecule has 0 radical (unpaired) electrons.